The van der Waals surface area contributed by atoms with Gasteiger partial charge in [-0.25, -0.2) is 0 Å². The van der Waals surface area contributed by atoms with E-state index in [0.717, 1.165) is 16.6 Å². The Labute approximate surface area is 177 Å². The molecule has 0 aliphatic carbocycles. The number of aromatic nitrogens is 1. The fourth-order valence-corrected chi connectivity index (χ4v) is 3.49. The molecule has 1 aromatic carbocycles. The van der Waals surface area contributed by atoms with Crippen LogP contribution in [0.3, 0.4) is 0 Å². The van der Waals surface area contributed by atoms with Crippen molar-refractivity contribution in [2.45, 2.75) is 67.2 Å². The van der Waals surface area contributed by atoms with Gasteiger partial charge in [-0.05, 0) is 12.5 Å². The van der Waals surface area contributed by atoms with Crippen LogP contribution >= 0.6 is 0 Å². The number of H-pyrrole nitrogens is 1. The maximum atomic E-state index is 13.2. The minimum Gasteiger partial charge on any atom is -0.454 e. The number of hydrogen-bond donors (Lipinski definition) is 1. The topological polar surface area (TPSA) is 85.5 Å². The highest BCUT2D eigenvalue weighted by atomic mass is 16.7. The van der Waals surface area contributed by atoms with Gasteiger partial charge in [0.1, 0.15) is 11.6 Å². The Bertz CT molecular complexity index is 1000. The molecule has 30 heavy (non-hydrogen) atoms. The lowest BCUT2D eigenvalue weighted by atomic mass is 9.86. The van der Waals surface area contributed by atoms with Crippen LogP contribution in [0.2, 0.25) is 0 Å². The second-order valence-corrected chi connectivity index (χ2v) is 10.00. The second-order valence-electron chi connectivity index (χ2n) is 10.00. The highest BCUT2D eigenvalue weighted by Crippen LogP contribution is 2.38. The fourth-order valence-electron chi connectivity index (χ4n) is 3.49. The van der Waals surface area contributed by atoms with Crippen LogP contribution in [0.1, 0.15) is 76.9 Å². The predicted molar refractivity (Wildman–Crippen MR) is 115 cm³/mol. The van der Waals surface area contributed by atoms with E-state index in [4.69, 9.17) is 9.47 Å². The van der Waals surface area contributed by atoms with Gasteiger partial charge < -0.3 is 14.5 Å². The van der Waals surface area contributed by atoms with Gasteiger partial charge in [0.2, 0.25) is 6.79 Å². The van der Waals surface area contributed by atoms with E-state index < -0.39 is 10.8 Å². The number of rotatable bonds is 7. The van der Waals surface area contributed by atoms with Gasteiger partial charge in [0, 0.05) is 52.8 Å². The van der Waals surface area contributed by atoms with Crippen LogP contribution in [0.5, 0.6) is 11.5 Å². The first-order valence-electron chi connectivity index (χ1n) is 10.4. The van der Waals surface area contributed by atoms with Crippen molar-refractivity contribution in [3.8, 4) is 11.5 Å². The van der Waals surface area contributed by atoms with Crippen LogP contribution in [0, 0.1) is 10.8 Å². The number of ether oxygens (including phenoxy) is 2. The predicted octanol–water partition coefficient (Wildman–Crippen LogP) is 5.02. The van der Waals surface area contributed by atoms with Crippen molar-refractivity contribution in [3.63, 3.8) is 0 Å². The zero-order chi connectivity index (χ0) is 22.3. The zero-order valence-corrected chi connectivity index (χ0v) is 18.7. The highest BCUT2D eigenvalue weighted by molar-refractivity contribution is 6.11. The number of fused-ring (bicyclic) bond motifs is 2. The molecular formula is C24H31NO5. The molecule has 6 nitrogen and oxygen atoms in total. The van der Waals surface area contributed by atoms with Crippen LogP contribution in [-0.4, -0.2) is 29.1 Å². The number of Topliss-reactive ketones (excluding diaryl/α,β-unsaturated/α-hetero) is 3. The number of ketones is 3. The standard InChI is InChI=1S/C24H31NO5/c1-23(2,3)20(27)9-7-15-22(17(26)8-10-21(28)24(4,5)6)14-11-18-19(30-13-29-18)12-16(14)25-15/h11-12,25H,7-10,13H2,1-6H3. The Morgan fingerprint density at radius 1 is 0.867 bits per heavy atom. The Kier molecular flexibility index (Phi) is 5.81. The molecule has 6 heteroatoms. The number of hydrogen-bond acceptors (Lipinski definition) is 5. The van der Waals surface area contributed by atoms with Gasteiger partial charge in [-0.15, -0.1) is 0 Å². The van der Waals surface area contributed by atoms with Gasteiger partial charge in [-0.2, -0.15) is 0 Å². The number of aryl methyl sites for hydroxylation is 1. The van der Waals surface area contributed by atoms with E-state index in [0.29, 0.717) is 29.9 Å². The molecule has 0 bridgehead atoms. The lowest BCUT2D eigenvalue weighted by Gasteiger charge is -2.17. The summed E-state index contributed by atoms with van der Waals surface area (Å²) in [5.74, 6) is 1.31. The van der Waals surface area contributed by atoms with Crippen molar-refractivity contribution in [1.29, 1.82) is 0 Å². The van der Waals surface area contributed by atoms with E-state index in [1.54, 1.807) is 0 Å². The molecule has 0 radical (unpaired) electrons. The lowest BCUT2D eigenvalue weighted by molar-refractivity contribution is -0.126. The molecule has 1 aliphatic heterocycles. The van der Waals surface area contributed by atoms with Gasteiger partial charge >= 0.3 is 0 Å². The van der Waals surface area contributed by atoms with Crippen LogP contribution in [0.15, 0.2) is 12.1 Å². The Hall–Kier alpha value is -2.63. The lowest BCUT2D eigenvalue weighted by Crippen LogP contribution is -2.21. The minimum absolute atomic E-state index is 0.0535. The van der Waals surface area contributed by atoms with Gasteiger partial charge in [0.25, 0.3) is 0 Å². The van der Waals surface area contributed by atoms with Gasteiger partial charge in [-0.1, -0.05) is 41.5 Å². The van der Waals surface area contributed by atoms with E-state index in [1.807, 2.05) is 53.7 Å². The summed E-state index contributed by atoms with van der Waals surface area (Å²) in [5.41, 5.74) is 1.13. The number of nitrogens with one attached hydrogen (secondary N) is 1. The molecule has 2 heterocycles. The Balaban J connectivity index is 1.93. The highest BCUT2D eigenvalue weighted by Gasteiger charge is 2.27. The van der Waals surface area contributed by atoms with Crippen molar-refractivity contribution in [2.24, 2.45) is 10.8 Å². The molecule has 1 N–H and O–H groups in total. The monoisotopic (exact) mass is 413 g/mol. The number of carbonyl (C=O) groups is 3. The third-order valence-corrected chi connectivity index (χ3v) is 5.50. The smallest absolute Gasteiger partial charge is 0.231 e. The molecule has 0 atom stereocenters. The molecule has 0 amide bonds. The molecule has 0 saturated heterocycles. The summed E-state index contributed by atoms with van der Waals surface area (Å²) in [6.45, 7) is 11.4. The van der Waals surface area contributed by atoms with Crippen molar-refractivity contribution in [2.75, 3.05) is 6.79 Å². The molecule has 0 saturated carbocycles. The summed E-state index contributed by atoms with van der Waals surface area (Å²) >= 11 is 0. The van der Waals surface area contributed by atoms with Crippen LogP contribution in [-0.2, 0) is 16.0 Å². The van der Waals surface area contributed by atoms with Crippen LogP contribution in [0.4, 0.5) is 0 Å². The fraction of sp³-hybridized carbons (Fsp3) is 0.542. The summed E-state index contributed by atoms with van der Waals surface area (Å²) in [4.78, 5) is 41.3. The second kappa shape index (κ2) is 7.89. The maximum Gasteiger partial charge on any atom is 0.231 e. The molecule has 162 valence electrons. The first kappa shape index (κ1) is 22.1. The molecule has 3 rings (SSSR count). The third kappa shape index (κ3) is 4.58. The summed E-state index contributed by atoms with van der Waals surface area (Å²) in [6.07, 6.45) is 1.10. The van der Waals surface area contributed by atoms with E-state index in [9.17, 15) is 14.4 Å². The van der Waals surface area contributed by atoms with Crippen molar-refractivity contribution in [1.82, 2.24) is 4.98 Å². The zero-order valence-electron chi connectivity index (χ0n) is 18.7. The first-order chi connectivity index (χ1) is 13.9. The van der Waals surface area contributed by atoms with Crippen molar-refractivity contribution < 1.29 is 23.9 Å². The van der Waals surface area contributed by atoms with Gasteiger partial charge in [-0.3, -0.25) is 14.4 Å². The van der Waals surface area contributed by atoms with E-state index >= 15 is 0 Å². The maximum absolute atomic E-state index is 13.2. The minimum atomic E-state index is -0.478. The SMILES string of the molecule is CC(C)(C)C(=O)CCC(=O)c1c(CCC(=O)C(C)(C)C)[nH]c2cc3c(cc12)OCO3. The average molecular weight is 414 g/mol. The third-order valence-electron chi connectivity index (χ3n) is 5.50. The summed E-state index contributed by atoms with van der Waals surface area (Å²) < 4.78 is 10.9. The largest absolute Gasteiger partial charge is 0.454 e. The van der Waals surface area contributed by atoms with Crippen LogP contribution in [0.25, 0.3) is 10.9 Å². The Morgan fingerprint density at radius 2 is 1.43 bits per heavy atom. The van der Waals surface area contributed by atoms with Crippen molar-refractivity contribution in [3.05, 3.63) is 23.4 Å². The van der Waals surface area contributed by atoms with Crippen molar-refractivity contribution >= 4 is 28.3 Å². The molecule has 1 aliphatic rings. The normalized spacial score (nSPS) is 13.7. The quantitative estimate of drug-likeness (QED) is 0.644. The van der Waals surface area contributed by atoms with Gasteiger partial charge in [0.15, 0.2) is 17.3 Å². The summed E-state index contributed by atoms with van der Waals surface area (Å²) in [6, 6.07) is 3.63. The van der Waals surface area contributed by atoms with E-state index in [-0.39, 0.29) is 37.0 Å². The molecule has 2 aromatic rings. The molecule has 0 spiro atoms. The molecule has 0 fully saturated rings. The Morgan fingerprint density at radius 3 is 2.03 bits per heavy atom. The van der Waals surface area contributed by atoms with E-state index in [1.165, 1.54) is 0 Å². The number of carbonyl (C=O) groups excluding carboxylic acids is 3. The number of aromatic amines is 1. The molecule has 0 unspecified atom stereocenters. The summed E-state index contributed by atoms with van der Waals surface area (Å²) in [5, 5.41) is 0.741. The summed E-state index contributed by atoms with van der Waals surface area (Å²) in [7, 11) is 0. The van der Waals surface area contributed by atoms with E-state index in [2.05, 4.69) is 4.98 Å². The number of benzene rings is 1. The molecule has 1 aromatic heterocycles. The first-order valence-corrected chi connectivity index (χ1v) is 10.4. The average Bonchev–Trinajstić information content (AvgIpc) is 3.23. The van der Waals surface area contributed by atoms with Gasteiger partial charge in [0.05, 0.1) is 5.52 Å². The molecular weight excluding hydrogens is 382 g/mol. The van der Waals surface area contributed by atoms with Crippen LogP contribution < -0.4 is 9.47 Å².